The SMILES string of the molecule is CC(C)c1ccc(S(=O)(=O)Nc2ccc(OC(F)F)c(Cl)c2)cc1. The monoisotopic (exact) mass is 375 g/mol. The van der Waals surface area contributed by atoms with Crippen LogP contribution in [-0.4, -0.2) is 15.0 Å². The third-order valence-corrected chi connectivity index (χ3v) is 4.95. The van der Waals surface area contributed by atoms with E-state index < -0.39 is 16.6 Å². The molecule has 0 saturated heterocycles. The lowest BCUT2D eigenvalue weighted by Gasteiger charge is -2.12. The maximum Gasteiger partial charge on any atom is 0.387 e. The van der Waals surface area contributed by atoms with Gasteiger partial charge < -0.3 is 4.74 Å². The number of hydrogen-bond acceptors (Lipinski definition) is 3. The van der Waals surface area contributed by atoms with Crippen LogP contribution >= 0.6 is 11.6 Å². The molecule has 4 nitrogen and oxygen atoms in total. The first kappa shape index (κ1) is 18.5. The van der Waals surface area contributed by atoms with Gasteiger partial charge in [-0.3, -0.25) is 4.72 Å². The predicted molar refractivity (Wildman–Crippen MR) is 89.4 cm³/mol. The standard InChI is InChI=1S/C16H16ClF2NO3S/c1-10(2)11-3-6-13(7-4-11)24(21,22)20-12-5-8-15(14(17)9-12)23-16(18)19/h3-10,16,20H,1-2H3. The average molecular weight is 376 g/mol. The Balaban J connectivity index is 2.21. The van der Waals surface area contributed by atoms with Crippen LogP contribution in [0.2, 0.25) is 5.02 Å². The van der Waals surface area contributed by atoms with E-state index in [1.807, 2.05) is 13.8 Å². The van der Waals surface area contributed by atoms with E-state index in [2.05, 4.69) is 9.46 Å². The van der Waals surface area contributed by atoms with Gasteiger partial charge in [-0.1, -0.05) is 37.6 Å². The molecule has 0 aliphatic heterocycles. The van der Waals surface area contributed by atoms with Gasteiger partial charge >= 0.3 is 6.61 Å². The van der Waals surface area contributed by atoms with Gasteiger partial charge in [0.15, 0.2) is 0 Å². The summed E-state index contributed by atoms with van der Waals surface area (Å²) in [6.45, 7) is 1.00. The Morgan fingerprint density at radius 2 is 1.71 bits per heavy atom. The van der Waals surface area contributed by atoms with Crippen molar-refractivity contribution in [2.45, 2.75) is 31.3 Å². The maximum atomic E-state index is 12.4. The Morgan fingerprint density at radius 1 is 1.08 bits per heavy atom. The quantitative estimate of drug-likeness (QED) is 0.784. The summed E-state index contributed by atoms with van der Waals surface area (Å²) in [5.41, 5.74) is 1.17. The number of rotatable bonds is 6. The summed E-state index contributed by atoms with van der Waals surface area (Å²) < 4.78 is 55.6. The number of ether oxygens (including phenoxy) is 1. The van der Waals surface area contributed by atoms with Crippen molar-refractivity contribution in [1.29, 1.82) is 0 Å². The van der Waals surface area contributed by atoms with E-state index in [1.165, 1.54) is 30.3 Å². The zero-order valence-electron chi connectivity index (χ0n) is 13.0. The van der Waals surface area contributed by atoms with Crippen molar-refractivity contribution in [3.63, 3.8) is 0 Å². The molecule has 0 bridgehead atoms. The molecule has 0 aliphatic carbocycles. The molecule has 0 atom stereocenters. The van der Waals surface area contributed by atoms with Crippen molar-refractivity contribution in [3.8, 4) is 5.75 Å². The lowest BCUT2D eigenvalue weighted by atomic mass is 10.0. The molecule has 2 rings (SSSR count). The Hall–Kier alpha value is -1.86. The Labute approximate surface area is 144 Å². The Morgan fingerprint density at radius 3 is 2.21 bits per heavy atom. The molecule has 2 aromatic carbocycles. The fraction of sp³-hybridized carbons (Fsp3) is 0.250. The molecule has 0 saturated carbocycles. The molecule has 1 N–H and O–H groups in total. The Kier molecular flexibility index (Phi) is 5.66. The number of alkyl halides is 2. The first-order valence-electron chi connectivity index (χ1n) is 7.06. The topological polar surface area (TPSA) is 55.4 Å². The van der Waals surface area contributed by atoms with E-state index in [-0.39, 0.29) is 27.3 Å². The summed E-state index contributed by atoms with van der Waals surface area (Å²) in [6, 6.07) is 10.2. The molecule has 0 radical (unpaired) electrons. The van der Waals surface area contributed by atoms with Crippen LogP contribution < -0.4 is 9.46 Å². The highest BCUT2D eigenvalue weighted by Gasteiger charge is 2.16. The highest BCUT2D eigenvalue weighted by Crippen LogP contribution is 2.30. The molecule has 24 heavy (non-hydrogen) atoms. The smallest absolute Gasteiger partial charge is 0.387 e. The van der Waals surface area contributed by atoms with Crippen molar-refractivity contribution in [3.05, 3.63) is 53.1 Å². The van der Waals surface area contributed by atoms with Crippen molar-refractivity contribution in [2.24, 2.45) is 0 Å². The largest absolute Gasteiger partial charge is 0.433 e. The van der Waals surface area contributed by atoms with E-state index in [4.69, 9.17) is 11.6 Å². The molecule has 0 aromatic heterocycles. The number of hydrogen-bond donors (Lipinski definition) is 1. The van der Waals surface area contributed by atoms with E-state index >= 15 is 0 Å². The molecule has 0 fully saturated rings. The first-order chi connectivity index (χ1) is 11.2. The summed E-state index contributed by atoms with van der Waals surface area (Å²) in [7, 11) is -3.81. The fourth-order valence-electron chi connectivity index (χ4n) is 2.00. The summed E-state index contributed by atoms with van der Waals surface area (Å²) >= 11 is 5.81. The summed E-state index contributed by atoms with van der Waals surface area (Å²) in [4.78, 5) is 0.0935. The van der Waals surface area contributed by atoms with E-state index in [9.17, 15) is 17.2 Å². The highest BCUT2D eigenvalue weighted by atomic mass is 35.5. The lowest BCUT2D eigenvalue weighted by molar-refractivity contribution is -0.0497. The molecule has 2 aromatic rings. The van der Waals surface area contributed by atoms with Gasteiger partial charge in [0.1, 0.15) is 5.75 Å². The summed E-state index contributed by atoms with van der Waals surface area (Å²) in [5, 5.41) is -0.120. The van der Waals surface area contributed by atoms with Crippen molar-refractivity contribution in [2.75, 3.05) is 4.72 Å². The van der Waals surface area contributed by atoms with Crippen LogP contribution in [0.15, 0.2) is 47.4 Å². The Bertz CT molecular complexity index is 809. The van der Waals surface area contributed by atoms with Gasteiger partial charge in [-0.2, -0.15) is 8.78 Å². The normalized spacial score (nSPS) is 11.8. The van der Waals surface area contributed by atoms with Gasteiger partial charge in [-0.05, 0) is 41.8 Å². The van der Waals surface area contributed by atoms with Gasteiger partial charge in [0.05, 0.1) is 15.6 Å². The number of halogens is 3. The van der Waals surface area contributed by atoms with Gasteiger partial charge in [0.25, 0.3) is 10.0 Å². The highest BCUT2D eigenvalue weighted by molar-refractivity contribution is 7.92. The summed E-state index contributed by atoms with van der Waals surface area (Å²) in [5.74, 6) is 0.0619. The third kappa shape index (κ3) is 4.58. The molecule has 0 aliphatic rings. The second-order valence-electron chi connectivity index (χ2n) is 5.35. The fourth-order valence-corrected chi connectivity index (χ4v) is 3.28. The predicted octanol–water partition coefficient (Wildman–Crippen LogP) is 4.87. The average Bonchev–Trinajstić information content (AvgIpc) is 2.49. The molecule has 0 amide bonds. The molecule has 8 heteroatoms. The minimum absolute atomic E-state index is 0.0935. The summed E-state index contributed by atoms with van der Waals surface area (Å²) in [6.07, 6.45) is 0. The van der Waals surface area contributed by atoms with Crippen molar-refractivity contribution >= 4 is 27.3 Å². The minimum atomic E-state index is -3.81. The van der Waals surface area contributed by atoms with Gasteiger partial charge in [0.2, 0.25) is 0 Å². The van der Waals surface area contributed by atoms with E-state index in [0.29, 0.717) is 0 Å². The van der Waals surface area contributed by atoms with Crippen molar-refractivity contribution in [1.82, 2.24) is 0 Å². The number of sulfonamides is 1. The van der Waals surface area contributed by atoms with E-state index in [0.717, 1.165) is 5.56 Å². The van der Waals surface area contributed by atoms with Crippen LogP contribution in [0.4, 0.5) is 14.5 Å². The van der Waals surface area contributed by atoms with Crippen LogP contribution in [-0.2, 0) is 10.0 Å². The second-order valence-corrected chi connectivity index (χ2v) is 7.44. The van der Waals surface area contributed by atoms with Crippen LogP contribution in [0, 0.1) is 0 Å². The van der Waals surface area contributed by atoms with E-state index in [1.54, 1.807) is 12.1 Å². The number of anilines is 1. The third-order valence-electron chi connectivity index (χ3n) is 3.26. The molecule has 130 valence electrons. The number of benzene rings is 2. The zero-order chi connectivity index (χ0) is 17.9. The maximum absolute atomic E-state index is 12.4. The van der Waals surface area contributed by atoms with Crippen molar-refractivity contribution < 1.29 is 21.9 Å². The molecular formula is C16H16ClF2NO3S. The van der Waals surface area contributed by atoms with Crippen LogP contribution in [0.1, 0.15) is 25.3 Å². The minimum Gasteiger partial charge on any atom is -0.433 e. The number of nitrogens with one attached hydrogen (secondary N) is 1. The van der Waals surface area contributed by atoms with Crippen LogP contribution in [0.25, 0.3) is 0 Å². The lowest BCUT2D eigenvalue weighted by Crippen LogP contribution is -2.13. The van der Waals surface area contributed by atoms with Crippen LogP contribution in [0.3, 0.4) is 0 Å². The van der Waals surface area contributed by atoms with Gasteiger partial charge in [-0.15, -0.1) is 0 Å². The zero-order valence-corrected chi connectivity index (χ0v) is 14.5. The molecule has 0 spiro atoms. The van der Waals surface area contributed by atoms with Gasteiger partial charge in [0, 0.05) is 0 Å². The molecular weight excluding hydrogens is 360 g/mol. The molecule has 0 heterocycles. The van der Waals surface area contributed by atoms with Crippen LogP contribution in [0.5, 0.6) is 5.75 Å². The first-order valence-corrected chi connectivity index (χ1v) is 8.92. The second kappa shape index (κ2) is 7.36. The molecule has 0 unspecified atom stereocenters. The van der Waals surface area contributed by atoms with Gasteiger partial charge in [-0.25, -0.2) is 8.42 Å².